The molecule has 0 bridgehead atoms. The molecular weight excluding hydrogens is 164 g/mol. The summed E-state index contributed by atoms with van der Waals surface area (Å²) in [6.07, 6.45) is 2.50. The smallest absolute Gasteiger partial charge is 0.0867 e. The molecule has 0 aromatic carbocycles. The van der Waals surface area contributed by atoms with E-state index in [-0.39, 0.29) is 0 Å². The summed E-state index contributed by atoms with van der Waals surface area (Å²) in [4.78, 5) is 2.31. The highest BCUT2D eigenvalue weighted by Crippen LogP contribution is 2.17. The fraction of sp³-hybridized carbons (Fsp3) is 1.00. The van der Waals surface area contributed by atoms with Crippen LogP contribution in [0.4, 0.5) is 0 Å². The van der Waals surface area contributed by atoms with Crippen LogP contribution in [0.25, 0.3) is 0 Å². The van der Waals surface area contributed by atoms with Crippen molar-refractivity contribution in [3.8, 4) is 0 Å². The van der Waals surface area contributed by atoms with Gasteiger partial charge in [0.15, 0.2) is 0 Å². The number of nitrogens with zero attached hydrogens (tertiary/aromatic N) is 1. The van der Waals surface area contributed by atoms with Gasteiger partial charge in [0, 0.05) is 13.1 Å². The maximum Gasteiger partial charge on any atom is 0.0867 e. The number of aliphatic hydroxyl groups is 1. The average molecular weight is 186 g/mol. The van der Waals surface area contributed by atoms with Gasteiger partial charge in [-0.3, -0.25) is 0 Å². The molecule has 0 aromatic heterocycles. The van der Waals surface area contributed by atoms with Crippen LogP contribution in [0.15, 0.2) is 0 Å². The Morgan fingerprint density at radius 2 is 2.00 bits per heavy atom. The number of hydrogen-bond acceptors (Lipinski definition) is 3. The zero-order valence-corrected chi connectivity index (χ0v) is 8.79. The average Bonchev–Trinajstić information content (AvgIpc) is 2.09. The van der Waals surface area contributed by atoms with E-state index < -0.39 is 5.60 Å². The number of nitrogens with two attached hydrogens (primary N) is 1. The first-order valence-electron chi connectivity index (χ1n) is 5.18. The van der Waals surface area contributed by atoms with E-state index in [2.05, 4.69) is 11.8 Å². The monoisotopic (exact) mass is 186 g/mol. The number of piperidine rings is 1. The van der Waals surface area contributed by atoms with Crippen LogP contribution in [0.2, 0.25) is 0 Å². The molecule has 0 aromatic rings. The van der Waals surface area contributed by atoms with Crippen molar-refractivity contribution in [1.29, 1.82) is 0 Å². The predicted molar refractivity (Wildman–Crippen MR) is 54.5 cm³/mol. The van der Waals surface area contributed by atoms with Crippen molar-refractivity contribution in [3.63, 3.8) is 0 Å². The molecule has 1 saturated heterocycles. The molecule has 0 spiro atoms. The van der Waals surface area contributed by atoms with Gasteiger partial charge in [0.25, 0.3) is 0 Å². The second-order valence-corrected chi connectivity index (χ2v) is 4.66. The highest BCUT2D eigenvalue weighted by atomic mass is 16.3. The molecule has 1 rings (SSSR count). The molecule has 1 fully saturated rings. The van der Waals surface area contributed by atoms with Crippen molar-refractivity contribution in [3.05, 3.63) is 0 Å². The van der Waals surface area contributed by atoms with E-state index in [0.29, 0.717) is 6.54 Å². The molecule has 0 amide bonds. The van der Waals surface area contributed by atoms with E-state index in [1.165, 1.54) is 12.8 Å². The molecular formula is C10H22N2O. The normalized spacial score (nSPS) is 25.8. The van der Waals surface area contributed by atoms with Crippen LogP contribution in [0.1, 0.15) is 26.7 Å². The van der Waals surface area contributed by atoms with Gasteiger partial charge >= 0.3 is 0 Å². The predicted octanol–water partition coefficient (Wildman–Crippen LogP) is 0.428. The SMILES string of the molecule is CC1CCN(CC(C)(O)CN)CC1. The van der Waals surface area contributed by atoms with Crippen molar-refractivity contribution in [2.24, 2.45) is 11.7 Å². The first-order valence-corrected chi connectivity index (χ1v) is 5.18. The minimum Gasteiger partial charge on any atom is -0.388 e. The third-order valence-electron chi connectivity index (χ3n) is 2.88. The molecule has 3 heteroatoms. The first kappa shape index (κ1) is 11.0. The number of likely N-dealkylation sites (tertiary alicyclic amines) is 1. The van der Waals surface area contributed by atoms with E-state index in [0.717, 1.165) is 25.6 Å². The summed E-state index contributed by atoms with van der Waals surface area (Å²) < 4.78 is 0. The molecule has 1 unspecified atom stereocenters. The minimum absolute atomic E-state index is 0.346. The van der Waals surface area contributed by atoms with Crippen molar-refractivity contribution >= 4 is 0 Å². The lowest BCUT2D eigenvalue weighted by atomic mass is 9.97. The summed E-state index contributed by atoms with van der Waals surface area (Å²) in [5, 5.41) is 9.77. The molecule has 0 aliphatic carbocycles. The number of rotatable bonds is 3. The summed E-state index contributed by atoms with van der Waals surface area (Å²) in [6.45, 7) is 7.38. The largest absolute Gasteiger partial charge is 0.388 e. The lowest BCUT2D eigenvalue weighted by Gasteiger charge is -2.35. The lowest BCUT2D eigenvalue weighted by molar-refractivity contribution is 0.0175. The summed E-state index contributed by atoms with van der Waals surface area (Å²) in [6, 6.07) is 0. The maximum atomic E-state index is 9.77. The van der Waals surface area contributed by atoms with Gasteiger partial charge in [-0.05, 0) is 38.8 Å². The molecule has 3 nitrogen and oxygen atoms in total. The molecule has 13 heavy (non-hydrogen) atoms. The van der Waals surface area contributed by atoms with E-state index >= 15 is 0 Å². The van der Waals surface area contributed by atoms with Crippen LogP contribution < -0.4 is 5.73 Å². The molecule has 1 atom stereocenters. The van der Waals surface area contributed by atoms with E-state index in [9.17, 15) is 5.11 Å². The van der Waals surface area contributed by atoms with Crippen LogP contribution in [0, 0.1) is 5.92 Å². The minimum atomic E-state index is -0.708. The Bertz CT molecular complexity index is 151. The van der Waals surface area contributed by atoms with E-state index in [1.54, 1.807) is 0 Å². The highest BCUT2D eigenvalue weighted by Gasteiger charge is 2.24. The Morgan fingerprint density at radius 3 is 2.46 bits per heavy atom. The molecule has 0 radical (unpaired) electrons. The summed E-state index contributed by atoms with van der Waals surface area (Å²) in [7, 11) is 0. The van der Waals surface area contributed by atoms with Crippen LogP contribution in [-0.2, 0) is 0 Å². The van der Waals surface area contributed by atoms with Gasteiger partial charge in [0.05, 0.1) is 5.60 Å². The Hall–Kier alpha value is -0.120. The molecule has 1 aliphatic heterocycles. The summed E-state index contributed by atoms with van der Waals surface area (Å²) in [5.74, 6) is 0.846. The highest BCUT2D eigenvalue weighted by molar-refractivity contribution is 4.80. The maximum absolute atomic E-state index is 9.77. The standard InChI is InChI=1S/C10H22N2O/c1-9-3-5-12(6-4-9)8-10(2,13)7-11/h9,13H,3-8,11H2,1-2H3. The fourth-order valence-corrected chi connectivity index (χ4v) is 1.77. The zero-order valence-electron chi connectivity index (χ0n) is 8.79. The zero-order chi connectivity index (χ0) is 9.90. The molecule has 0 saturated carbocycles. The third kappa shape index (κ3) is 3.63. The Labute approximate surface area is 80.9 Å². The van der Waals surface area contributed by atoms with Gasteiger partial charge in [-0.2, -0.15) is 0 Å². The third-order valence-corrected chi connectivity index (χ3v) is 2.88. The number of β-amino-alcohol motifs (C(OH)–C–C–N with tert-alkyl or cyclic N) is 1. The van der Waals surface area contributed by atoms with Gasteiger partial charge in [-0.15, -0.1) is 0 Å². The Morgan fingerprint density at radius 1 is 1.46 bits per heavy atom. The topological polar surface area (TPSA) is 49.5 Å². The van der Waals surface area contributed by atoms with Crippen LogP contribution in [0.5, 0.6) is 0 Å². The van der Waals surface area contributed by atoms with Gasteiger partial charge in [0.2, 0.25) is 0 Å². The van der Waals surface area contributed by atoms with Crippen molar-refractivity contribution in [2.75, 3.05) is 26.2 Å². The molecule has 1 aliphatic rings. The van der Waals surface area contributed by atoms with Gasteiger partial charge < -0.3 is 15.7 Å². The van der Waals surface area contributed by atoms with Crippen molar-refractivity contribution < 1.29 is 5.11 Å². The lowest BCUT2D eigenvalue weighted by Crippen LogP contribution is -2.48. The van der Waals surface area contributed by atoms with E-state index in [4.69, 9.17) is 5.73 Å². The molecule has 1 heterocycles. The van der Waals surface area contributed by atoms with Gasteiger partial charge in [-0.25, -0.2) is 0 Å². The van der Waals surface area contributed by atoms with Crippen LogP contribution >= 0.6 is 0 Å². The Balaban J connectivity index is 2.30. The summed E-state index contributed by atoms with van der Waals surface area (Å²) >= 11 is 0. The van der Waals surface area contributed by atoms with Gasteiger partial charge in [-0.1, -0.05) is 6.92 Å². The molecule has 78 valence electrons. The van der Waals surface area contributed by atoms with Crippen LogP contribution in [-0.4, -0.2) is 41.8 Å². The molecule has 3 N–H and O–H groups in total. The van der Waals surface area contributed by atoms with Crippen molar-refractivity contribution in [1.82, 2.24) is 4.90 Å². The number of hydrogen-bond donors (Lipinski definition) is 2. The van der Waals surface area contributed by atoms with Crippen LogP contribution in [0.3, 0.4) is 0 Å². The van der Waals surface area contributed by atoms with Gasteiger partial charge in [0.1, 0.15) is 0 Å². The summed E-state index contributed by atoms with van der Waals surface area (Å²) in [5.41, 5.74) is 4.77. The quantitative estimate of drug-likeness (QED) is 0.672. The fourth-order valence-electron chi connectivity index (χ4n) is 1.77. The van der Waals surface area contributed by atoms with E-state index in [1.807, 2.05) is 6.92 Å². The van der Waals surface area contributed by atoms with Crippen molar-refractivity contribution in [2.45, 2.75) is 32.3 Å². The second-order valence-electron chi connectivity index (χ2n) is 4.66. The second kappa shape index (κ2) is 4.40. The first-order chi connectivity index (χ1) is 6.03. The Kier molecular flexibility index (Phi) is 3.71.